The zero-order chi connectivity index (χ0) is 13.8. The number of urea groups is 1. The molecule has 18 heavy (non-hydrogen) atoms. The van der Waals surface area contributed by atoms with Gasteiger partial charge in [0.25, 0.3) is 0 Å². The molecule has 0 spiro atoms. The van der Waals surface area contributed by atoms with Crippen LogP contribution in [0.4, 0.5) is 4.79 Å². The maximum Gasteiger partial charge on any atom is 0.329 e. The highest BCUT2D eigenvalue weighted by Gasteiger charge is 2.46. The first-order valence-electron chi connectivity index (χ1n) is 6.29. The van der Waals surface area contributed by atoms with Gasteiger partial charge in [0, 0.05) is 13.6 Å². The number of aliphatic carboxylic acids is 1. The van der Waals surface area contributed by atoms with Crippen LogP contribution in [0, 0.1) is 0 Å². The first kappa shape index (κ1) is 14.8. The van der Waals surface area contributed by atoms with Gasteiger partial charge in [0.2, 0.25) is 0 Å². The van der Waals surface area contributed by atoms with Gasteiger partial charge >= 0.3 is 12.0 Å². The zero-order valence-electron chi connectivity index (χ0n) is 11.4. The van der Waals surface area contributed by atoms with Gasteiger partial charge in [-0.05, 0) is 46.3 Å². The summed E-state index contributed by atoms with van der Waals surface area (Å²) in [7, 11) is 5.65. The molecule has 0 radical (unpaired) electrons. The molecular weight excluding hydrogens is 234 g/mol. The molecule has 0 atom stereocenters. The number of nitrogens with zero attached hydrogens (tertiary/aromatic N) is 2. The summed E-state index contributed by atoms with van der Waals surface area (Å²) in [5.74, 6) is -0.927. The third kappa shape index (κ3) is 3.60. The Hall–Kier alpha value is -1.30. The van der Waals surface area contributed by atoms with Gasteiger partial charge in [-0.25, -0.2) is 9.59 Å². The highest BCUT2D eigenvalue weighted by atomic mass is 16.4. The van der Waals surface area contributed by atoms with Gasteiger partial charge in [-0.15, -0.1) is 0 Å². The summed E-state index contributed by atoms with van der Waals surface area (Å²) >= 11 is 0. The molecule has 0 aromatic carbocycles. The van der Waals surface area contributed by atoms with Gasteiger partial charge in [0.05, 0.1) is 0 Å². The molecule has 2 amide bonds. The molecule has 0 aromatic heterocycles. The SMILES string of the molecule is CN(C)CCCN(C)C(=O)NC1(C(=O)O)CCC1. The second-order valence-corrected chi connectivity index (χ2v) is 5.25. The average Bonchev–Trinajstić information content (AvgIpc) is 2.21. The Morgan fingerprint density at radius 2 is 1.83 bits per heavy atom. The van der Waals surface area contributed by atoms with E-state index in [9.17, 15) is 9.59 Å². The topological polar surface area (TPSA) is 72.9 Å². The quantitative estimate of drug-likeness (QED) is 0.730. The van der Waals surface area contributed by atoms with E-state index in [-0.39, 0.29) is 6.03 Å². The molecule has 1 aliphatic rings. The van der Waals surface area contributed by atoms with Gasteiger partial charge in [0.1, 0.15) is 5.54 Å². The largest absolute Gasteiger partial charge is 0.480 e. The summed E-state index contributed by atoms with van der Waals surface area (Å²) < 4.78 is 0. The van der Waals surface area contributed by atoms with E-state index in [4.69, 9.17) is 5.11 Å². The van der Waals surface area contributed by atoms with Crippen LogP contribution in [0.5, 0.6) is 0 Å². The van der Waals surface area contributed by atoms with Crippen LogP contribution in [0.1, 0.15) is 25.7 Å². The van der Waals surface area contributed by atoms with Gasteiger partial charge in [-0.3, -0.25) is 0 Å². The van der Waals surface area contributed by atoms with Crippen molar-refractivity contribution in [1.82, 2.24) is 15.1 Å². The molecule has 6 heteroatoms. The Morgan fingerprint density at radius 3 is 2.22 bits per heavy atom. The van der Waals surface area contributed by atoms with Crippen LogP contribution in [0.15, 0.2) is 0 Å². The minimum absolute atomic E-state index is 0.296. The van der Waals surface area contributed by atoms with Crippen LogP contribution in [-0.4, -0.2) is 66.7 Å². The molecule has 0 heterocycles. The van der Waals surface area contributed by atoms with Crippen molar-refractivity contribution >= 4 is 12.0 Å². The molecule has 0 saturated heterocycles. The number of hydrogen-bond acceptors (Lipinski definition) is 3. The molecule has 6 nitrogen and oxygen atoms in total. The minimum Gasteiger partial charge on any atom is -0.480 e. The Balaban J connectivity index is 2.37. The first-order chi connectivity index (χ1) is 8.37. The van der Waals surface area contributed by atoms with E-state index >= 15 is 0 Å². The maximum absolute atomic E-state index is 11.9. The molecule has 1 saturated carbocycles. The number of nitrogens with one attached hydrogen (secondary N) is 1. The van der Waals surface area contributed by atoms with Crippen molar-refractivity contribution in [3.8, 4) is 0 Å². The number of carbonyl (C=O) groups excluding carboxylic acids is 1. The third-order valence-corrected chi connectivity index (χ3v) is 3.41. The van der Waals surface area contributed by atoms with Crippen molar-refractivity contribution in [2.24, 2.45) is 0 Å². The van der Waals surface area contributed by atoms with E-state index < -0.39 is 11.5 Å². The number of carboxylic acids is 1. The molecule has 0 aromatic rings. The predicted octanol–water partition coefficient (Wildman–Crippen LogP) is 0.587. The number of hydrogen-bond donors (Lipinski definition) is 2. The molecule has 0 unspecified atom stereocenters. The molecule has 0 bridgehead atoms. The summed E-state index contributed by atoms with van der Waals surface area (Å²) in [6, 6.07) is -0.296. The van der Waals surface area contributed by atoms with Crippen LogP contribution in [-0.2, 0) is 4.79 Å². The van der Waals surface area contributed by atoms with Gasteiger partial charge < -0.3 is 20.2 Å². The minimum atomic E-state index is -1.02. The van der Waals surface area contributed by atoms with Crippen molar-refractivity contribution in [3.63, 3.8) is 0 Å². The Kier molecular flexibility index (Phi) is 4.95. The van der Waals surface area contributed by atoms with Crippen LogP contribution in [0.25, 0.3) is 0 Å². The van der Waals surface area contributed by atoms with Crippen LogP contribution in [0.3, 0.4) is 0 Å². The van der Waals surface area contributed by atoms with E-state index in [0.717, 1.165) is 19.4 Å². The summed E-state index contributed by atoms with van der Waals surface area (Å²) in [5.41, 5.74) is -1.02. The van der Waals surface area contributed by atoms with Crippen molar-refractivity contribution < 1.29 is 14.7 Å². The van der Waals surface area contributed by atoms with Crippen molar-refractivity contribution in [3.05, 3.63) is 0 Å². The Bertz CT molecular complexity index is 314. The zero-order valence-corrected chi connectivity index (χ0v) is 11.4. The van der Waals surface area contributed by atoms with Crippen LogP contribution < -0.4 is 5.32 Å². The van der Waals surface area contributed by atoms with Crippen molar-refractivity contribution in [2.75, 3.05) is 34.2 Å². The normalized spacial score (nSPS) is 17.1. The smallest absolute Gasteiger partial charge is 0.329 e. The van der Waals surface area contributed by atoms with Crippen molar-refractivity contribution in [2.45, 2.75) is 31.2 Å². The molecular formula is C12H23N3O3. The van der Waals surface area contributed by atoms with Gasteiger partial charge in [0.15, 0.2) is 0 Å². The standard InChI is InChI=1S/C12H23N3O3/c1-14(2)8-5-9-15(3)11(18)13-12(10(16)17)6-4-7-12/h4-9H2,1-3H3,(H,13,18)(H,16,17). The molecule has 1 aliphatic carbocycles. The fourth-order valence-electron chi connectivity index (χ4n) is 1.95. The lowest BCUT2D eigenvalue weighted by molar-refractivity contribution is -0.148. The second-order valence-electron chi connectivity index (χ2n) is 5.25. The number of amides is 2. The Labute approximate surface area is 108 Å². The molecule has 2 N–H and O–H groups in total. The van der Waals surface area contributed by atoms with Crippen molar-refractivity contribution in [1.29, 1.82) is 0 Å². The summed E-state index contributed by atoms with van der Waals surface area (Å²) in [4.78, 5) is 26.6. The highest BCUT2D eigenvalue weighted by Crippen LogP contribution is 2.32. The average molecular weight is 257 g/mol. The lowest BCUT2D eigenvalue weighted by atomic mass is 9.77. The molecule has 0 aliphatic heterocycles. The van der Waals surface area contributed by atoms with Crippen LogP contribution in [0.2, 0.25) is 0 Å². The molecule has 104 valence electrons. The van der Waals surface area contributed by atoms with Gasteiger partial charge in [-0.2, -0.15) is 0 Å². The van der Waals surface area contributed by atoms with E-state index in [1.54, 1.807) is 11.9 Å². The predicted molar refractivity (Wildman–Crippen MR) is 68.6 cm³/mol. The molecule has 1 fully saturated rings. The number of carboxylic acid groups (broad SMARTS) is 1. The second kappa shape index (κ2) is 6.04. The van der Waals surface area contributed by atoms with Crippen LogP contribution >= 0.6 is 0 Å². The maximum atomic E-state index is 11.9. The first-order valence-corrected chi connectivity index (χ1v) is 6.29. The lowest BCUT2D eigenvalue weighted by Crippen LogP contribution is -2.61. The Morgan fingerprint density at radius 1 is 1.22 bits per heavy atom. The lowest BCUT2D eigenvalue weighted by Gasteiger charge is -2.39. The number of rotatable bonds is 6. The summed E-state index contributed by atoms with van der Waals surface area (Å²) in [5, 5.41) is 11.8. The van der Waals surface area contributed by atoms with E-state index in [2.05, 4.69) is 10.2 Å². The third-order valence-electron chi connectivity index (χ3n) is 3.41. The van der Waals surface area contributed by atoms with E-state index in [1.807, 2.05) is 14.1 Å². The fraction of sp³-hybridized carbons (Fsp3) is 0.833. The fourth-order valence-corrected chi connectivity index (χ4v) is 1.95. The monoisotopic (exact) mass is 257 g/mol. The van der Waals surface area contributed by atoms with Gasteiger partial charge in [-0.1, -0.05) is 0 Å². The highest BCUT2D eigenvalue weighted by molar-refractivity contribution is 5.87. The molecule has 1 rings (SSSR count). The summed E-state index contributed by atoms with van der Waals surface area (Å²) in [6.07, 6.45) is 2.78. The van der Waals surface area contributed by atoms with E-state index in [1.165, 1.54) is 0 Å². The van der Waals surface area contributed by atoms with E-state index in [0.29, 0.717) is 19.4 Å². The summed E-state index contributed by atoms with van der Waals surface area (Å²) in [6.45, 7) is 1.53. The number of carbonyl (C=O) groups is 2.